The summed E-state index contributed by atoms with van der Waals surface area (Å²) in [6, 6.07) is 0. The lowest BCUT2D eigenvalue weighted by atomic mass is 10.1. The molecular weight excluding hydrogens is 206 g/mol. The number of aliphatic hydroxyl groups excluding tert-OH is 1. The normalized spacial score (nSPS) is 16.6. The zero-order valence-electron chi connectivity index (χ0n) is 7.22. The topological polar surface area (TPSA) is 66.3 Å². The van der Waals surface area contributed by atoms with Gasteiger partial charge in [-0.25, -0.2) is 4.98 Å². The third kappa shape index (κ3) is 1.69. The summed E-state index contributed by atoms with van der Waals surface area (Å²) in [4.78, 5) is 20.7. The fraction of sp³-hybridized carbons (Fsp3) is 0.375. The lowest BCUT2D eigenvalue weighted by Crippen LogP contribution is -2.53. The van der Waals surface area contributed by atoms with Crippen LogP contribution >= 0.6 is 11.6 Å². The molecule has 0 saturated carbocycles. The van der Waals surface area contributed by atoms with Crippen LogP contribution in [0.15, 0.2) is 12.4 Å². The molecule has 1 N–H and O–H groups in total. The molecule has 1 saturated heterocycles. The molecule has 0 atom stereocenters. The number of amides is 1. The van der Waals surface area contributed by atoms with E-state index in [1.165, 1.54) is 17.3 Å². The van der Waals surface area contributed by atoms with Crippen molar-refractivity contribution in [3.8, 4) is 0 Å². The second kappa shape index (κ2) is 3.51. The Morgan fingerprint density at radius 2 is 2.29 bits per heavy atom. The van der Waals surface area contributed by atoms with Crippen molar-refractivity contribution in [3.63, 3.8) is 0 Å². The standard InChI is InChI=1S/C8H8ClN3O2/c9-7-2-10-1-6(11-7)8(14)12-3-5(13)4-12/h1-2,5,13H,3-4H2. The zero-order valence-corrected chi connectivity index (χ0v) is 7.98. The SMILES string of the molecule is O=C(c1cncc(Cl)n1)N1CC(O)C1. The maximum atomic E-state index is 11.6. The summed E-state index contributed by atoms with van der Waals surface area (Å²) in [5, 5.41) is 9.20. The van der Waals surface area contributed by atoms with Crippen LogP contribution in [0.5, 0.6) is 0 Å². The summed E-state index contributed by atoms with van der Waals surface area (Å²) in [7, 11) is 0. The van der Waals surface area contributed by atoms with Gasteiger partial charge in [0.1, 0.15) is 10.8 Å². The molecule has 1 fully saturated rings. The van der Waals surface area contributed by atoms with E-state index < -0.39 is 6.10 Å². The van der Waals surface area contributed by atoms with Gasteiger partial charge < -0.3 is 10.0 Å². The minimum Gasteiger partial charge on any atom is -0.389 e. The van der Waals surface area contributed by atoms with Crippen LogP contribution in [0, 0.1) is 0 Å². The number of hydrogen-bond acceptors (Lipinski definition) is 4. The summed E-state index contributed by atoms with van der Waals surface area (Å²) in [5.74, 6) is -0.245. The quantitative estimate of drug-likeness (QED) is 0.710. The average Bonchev–Trinajstić information content (AvgIpc) is 2.12. The molecule has 5 nitrogen and oxygen atoms in total. The maximum Gasteiger partial charge on any atom is 0.274 e. The Balaban J connectivity index is 2.12. The molecule has 0 aliphatic carbocycles. The first-order valence-electron chi connectivity index (χ1n) is 4.11. The summed E-state index contributed by atoms with van der Waals surface area (Å²) in [6.07, 6.45) is 2.31. The lowest BCUT2D eigenvalue weighted by Gasteiger charge is -2.35. The molecule has 6 heteroatoms. The highest BCUT2D eigenvalue weighted by Gasteiger charge is 2.30. The fourth-order valence-corrected chi connectivity index (χ4v) is 1.38. The van der Waals surface area contributed by atoms with Gasteiger partial charge in [0.15, 0.2) is 0 Å². The maximum absolute atomic E-state index is 11.6. The van der Waals surface area contributed by atoms with E-state index in [0.717, 1.165) is 0 Å². The van der Waals surface area contributed by atoms with Crippen LogP contribution in [0.3, 0.4) is 0 Å². The van der Waals surface area contributed by atoms with E-state index in [4.69, 9.17) is 16.7 Å². The first kappa shape index (κ1) is 9.36. The molecule has 2 rings (SSSR count). The molecule has 74 valence electrons. The molecule has 1 aromatic heterocycles. The Hall–Kier alpha value is -1.20. The van der Waals surface area contributed by atoms with Crippen LogP contribution in [0.4, 0.5) is 0 Å². The summed E-state index contributed by atoms with van der Waals surface area (Å²) in [6.45, 7) is 0.708. The van der Waals surface area contributed by atoms with E-state index in [2.05, 4.69) is 9.97 Å². The highest BCUT2D eigenvalue weighted by molar-refractivity contribution is 6.29. The Kier molecular flexibility index (Phi) is 2.35. The molecule has 0 radical (unpaired) electrons. The average molecular weight is 214 g/mol. The molecule has 0 bridgehead atoms. The second-order valence-corrected chi connectivity index (χ2v) is 3.48. The molecule has 1 aliphatic rings. The van der Waals surface area contributed by atoms with E-state index in [1.54, 1.807) is 0 Å². The number of nitrogens with zero attached hydrogens (tertiary/aromatic N) is 3. The van der Waals surface area contributed by atoms with Gasteiger partial charge in [0.05, 0.1) is 18.5 Å². The molecular formula is C8H8ClN3O2. The lowest BCUT2D eigenvalue weighted by molar-refractivity contribution is 0.00547. The van der Waals surface area contributed by atoms with Crippen LogP contribution < -0.4 is 0 Å². The molecule has 2 heterocycles. The highest BCUT2D eigenvalue weighted by Crippen LogP contribution is 2.12. The largest absolute Gasteiger partial charge is 0.389 e. The van der Waals surface area contributed by atoms with Crippen molar-refractivity contribution in [1.29, 1.82) is 0 Å². The smallest absolute Gasteiger partial charge is 0.274 e. The number of β-amino-alcohol motifs (C(OH)–C–C–N with tert-alkyl or cyclic N) is 1. The monoisotopic (exact) mass is 213 g/mol. The Morgan fingerprint density at radius 3 is 2.86 bits per heavy atom. The molecule has 0 aromatic carbocycles. The predicted octanol–water partition coefficient (Wildman–Crippen LogP) is -0.0533. The van der Waals surface area contributed by atoms with Gasteiger partial charge in [-0.05, 0) is 0 Å². The Bertz CT molecular complexity index is 365. The van der Waals surface area contributed by atoms with Crippen molar-refractivity contribution in [3.05, 3.63) is 23.2 Å². The van der Waals surface area contributed by atoms with Crippen molar-refractivity contribution < 1.29 is 9.90 Å². The van der Waals surface area contributed by atoms with Crippen LogP contribution in [0.25, 0.3) is 0 Å². The van der Waals surface area contributed by atoms with E-state index in [0.29, 0.717) is 13.1 Å². The predicted molar refractivity (Wildman–Crippen MR) is 49.0 cm³/mol. The zero-order chi connectivity index (χ0) is 10.1. The van der Waals surface area contributed by atoms with Gasteiger partial charge in [-0.3, -0.25) is 9.78 Å². The number of halogens is 1. The van der Waals surface area contributed by atoms with Crippen molar-refractivity contribution in [2.45, 2.75) is 6.10 Å². The first-order chi connectivity index (χ1) is 6.66. The number of rotatable bonds is 1. The number of carbonyl (C=O) groups excluding carboxylic acids is 1. The van der Waals surface area contributed by atoms with E-state index in [9.17, 15) is 4.79 Å². The van der Waals surface area contributed by atoms with Crippen LogP contribution in [-0.2, 0) is 0 Å². The summed E-state index contributed by atoms with van der Waals surface area (Å²) < 4.78 is 0. The van der Waals surface area contributed by atoms with Crippen molar-refractivity contribution >= 4 is 17.5 Å². The summed E-state index contributed by atoms with van der Waals surface area (Å²) >= 11 is 5.59. The van der Waals surface area contributed by atoms with Crippen LogP contribution in [-0.4, -0.2) is 45.1 Å². The van der Waals surface area contributed by atoms with Gasteiger partial charge in [-0.1, -0.05) is 11.6 Å². The van der Waals surface area contributed by atoms with Crippen LogP contribution in [0.2, 0.25) is 5.15 Å². The minimum absolute atomic E-state index is 0.192. The van der Waals surface area contributed by atoms with Gasteiger partial charge >= 0.3 is 0 Å². The van der Waals surface area contributed by atoms with E-state index in [-0.39, 0.29) is 16.8 Å². The minimum atomic E-state index is -0.411. The highest BCUT2D eigenvalue weighted by atomic mass is 35.5. The van der Waals surface area contributed by atoms with Crippen LogP contribution in [0.1, 0.15) is 10.5 Å². The Labute approximate surface area is 85.3 Å². The second-order valence-electron chi connectivity index (χ2n) is 3.09. The van der Waals surface area contributed by atoms with Gasteiger partial charge in [0.2, 0.25) is 0 Å². The number of aliphatic hydroxyl groups is 1. The first-order valence-corrected chi connectivity index (χ1v) is 4.49. The number of hydrogen-bond donors (Lipinski definition) is 1. The fourth-order valence-electron chi connectivity index (χ4n) is 1.23. The van der Waals surface area contributed by atoms with Crippen molar-refractivity contribution in [2.75, 3.05) is 13.1 Å². The third-order valence-corrected chi connectivity index (χ3v) is 2.16. The van der Waals surface area contributed by atoms with Gasteiger partial charge in [0, 0.05) is 13.1 Å². The molecule has 0 spiro atoms. The molecule has 1 amide bonds. The third-order valence-electron chi connectivity index (χ3n) is 1.97. The van der Waals surface area contributed by atoms with Gasteiger partial charge in [-0.2, -0.15) is 0 Å². The Morgan fingerprint density at radius 1 is 1.57 bits per heavy atom. The van der Waals surface area contributed by atoms with Gasteiger partial charge in [-0.15, -0.1) is 0 Å². The number of likely N-dealkylation sites (tertiary alicyclic amines) is 1. The summed E-state index contributed by atoms with van der Waals surface area (Å²) in [5.41, 5.74) is 0.212. The molecule has 14 heavy (non-hydrogen) atoms. The van der Waals surface area contributed by atoms with E-state index in [1.807, 2.05) is 0 Å². The van der Waals surface area contributed by atoms with Gasteiger partial charge in [0.25, 0.3) is 5.91 Å². The number of aromatic nitrogens is 2. The van der Waals surface area contributed by atoms with E-state index >= 15 is 0 Å². The van der Waals surface area contributed by atoms with Crippen molar-refractivity contribution in [2.24, 2.45) is 0 Å². The number of carbonyl (C=O) groups is 1. The molecule has 0 unspecified atom stereocenters. The van der Waals surface area contributed by atoms with Crippen molar-refractivity contribution in [1.82, 2.24) is 14.9 Å². The molecule has 1 aliphatic heterocycles. The molecule has 1 aromatic rings.